The van der Waals surface area contributed by atoms with E-state index in [0.29, 0.717) is 11.5 Å². The van der Waals surface area contributed by atoms with Gasteiger partial charge in [-0.2, -0.15) is 4.98 Å². The maximum atomic E-state index is 5.22. The lowest BCUT2D eigenvalue weighted by Gasteiger charge is -2.15. The van der Waals surface area contributed by atoms with Crippen molar-refractivity contribution >= 4 is 0 Å². The Morgan fingerprint density at radius 2 is 2.06 bits per heavy atom. The second-order valence-electron chi connectivity index (χ2n) is 5.56. The van der Waals surface area contributed by atoms with Crippen molar-refractivity contribution in [3.05, 3.63) is 11.7 Å². The molecule has 0 aliphatic heterocycles. The molecule has 1 N–H and O–H groups in total. The van der Waals surface area contributed by atoms with Crippen molar-refractivity contribution < 1.29 is 4.52 Å². The van der Waals surface area contributed by atoms with Gasteiger partial charge in [-0.05, 0) is 25.8 Å². The number of nitrogens with one attached hydrogen (secondary N) is 1. The lowest BCUT2D eigenvalue weighted by atomic mass is 9.91. The third kappa shape index (κ3) is 4.75. The minimum atomic E-state index is 0.312. The number of aromatic nitrogens is 2. The Hall–Kier alpha value is -0.900. The fourth-order valence-electron chi connectivity index (χ4n) is 1.33. The second kappa shape index (κ2) is 5.43. The van der Waals surface area contributed by atoms with Gasteiger partial charge in [-0.3, -0.25) is 0 Å². The molecule has 92 valence electrons. The first kappa shape index (κ1) is 13.2. The number of aryl methyl sites for hydroxylation is 1. The lowest BCUT2D eigenvalue weighted by molar-refractivity contribution is 0.325. The van der Waals surface area contributed by atoms with E-state index in [1.807, 2.05) is 7.05 Å². The highest BCUT2D eigenvalue weighted by Crippen LogP contribution is 2.20. The minimum absolute atomic E-state index is 0.312. The Labute approximate surface area is 97.8 Å². The molecular formula is C12H23N3O. The van der Waals surface area contributed by atoms with E-state index < -0.39 is 0 Å². The van der Waals surface area contributed by atoms with E-state index in [4.69, 9.17) is 4.52 Å². The van der Waals surface area contributed by atoms with Crippen LogP contribution in [0.1, 0.15) is 45.8 Å². The molecule has 1 atom stereocenters. The highest BCUT2D eigenvalue weighted by molar-refractivity contribution is 4.90. The van der Waals surface area contributed by atoms with Crippen molar-refractivity contribution in [2.75, 3.05) is 7.05 Å². The minimum Gasteiger partial charge on any atom is -0.339 e. The summed E-state index contributed by atoms with van der Waals surface area (Å²) >= 11 is 0. The summed E-state index contributed by atoms with van der Waals surface area (Å²) in [5.74, 6) is 1.55. The largest absolute Gasteiger partial charge is 0.339 e. The summed E-state index contributed by atoms with van der Waals surface area (Å²) in [6, 6.07) is 0.382. The fraction of sp³-hybridized carbons (Fsp3) is 0.833. The van der Waals surface area contributed by atoms with Gasteiger partial charge >= 0.3 is 0 Å². The molecule has 0 saturated carbocycles. The zero-order valence-corrected chi connectivity index (χ0v) is 11.0. The zero-order valence-electron chi connectivity index (χ0n) is 11.0. The molecule has 0 aromatic carbocycles. The molecule has 1 rings (SSSR count). The summed E-state index contributed by atoms with van der Waals surface area (Å²) in [6.45, 7) is 8.75. The number of hydrogen-bond donors (Lipinski definition) is 1. The molecule has 1 unspecified atom stereocenters. The predicted octanol–water partition coefficient (Wildman–Crippen LogP) is 2.20. The maximum absolute atomic E-state index is 5.22. The van der Waals surface area contributed by atoms with Crippen molar-refractivity contribution in [2.24, 2.45) is 5.41 Å². The number of likely N-dealkylation sites (N-methyl/N-ethyl adjacent to an activating group) is 1. The van der Waals surface area contributed by atoms with Crippen molar-refractivity contribution in [2.45, 2.75) is 53.0 Å². The maximum Gasteiger partial charge on any atom is 0.226 e. The Balaban J connectivity index is 2.45. The first-order valence-electron chi connectivity index (χ1n) is 5.89. The van der Waals surface area contributed by atoms with Gasteiger partial charge in [-0.25, -0.2) is 0 Å². The topological polar surface area (TPSA) is 51.0 Å². The van der Waals surface area contributed by atoms with Crippen LogP contribution < -0.4 is 5.32 Å². The quantitative estimate of drug-likeness (QED) is 0.834. The normalized spacial score (nSPS) is 14.1. The Morgan fingerprint density at radius 1 is 1.38 bits per heavy atom. The standard InChI is InChI=1S/C12H23N3O/c1-9(13-5)8-10-14-11(16-15-10)6-7-12(2,3)4/h9,13H,6-8H2,1-5H3. The van der Waals surface area contributed by atoms with E-state index in [1.165, 1.54) is 0 Å². The van der Waals surface area contributed by atoms with Crippen LogP contribution in [0.15, 0.2) is 4.52 Å². The molecule has 4 heteroatoms. The molecule has 1 aromatic heterocycles. The third-order valence-corrected chi connectivity index (χ3v) is 2.58. The van der Waals surface area contributed by atoms with Gasteiger partial charge in [-0.15, -0.1) is 0 Å². The highest BCUT2D eigenvalue weighted by atomic mass is 16.5. The Kier molecular flexibility index (Phi) is 4.47. The summed E-state index contributed by atoms with van der Waals surface area (Å²) in [7, 11) is 1.94. The zero-order chi connectivity index (χ0) is 12.2. The molecule has 0 saturated heterocycles. The second-order valence-corrected chi connectivity index (χ2v) is 5.56. The van der Waals surface area contributed by atoms with Gasteiger partial charge in [0.15, 0.2) is 5.82 Å². The molecule has 16 heavy (non-hydrogen) atoms. The fourth-order valence-corrected chi connectivity index (χ4v) is 1.33. The van der Waals surface area contributed by atoms with Crippen LogP contribution in [0.3, 0.4) is 0 Å². The van der Waals surface area contributed by atoms with Gasteiger partial charge in [0.1, 0.15) is 0 Å². The Bertz CT molecular complexity index is 314. The third-order valence-electron chi connectivity index (χ3n) is 2.58. The van der Waals surface area contributed by atoms with Crippen LogP contribution in [0.25, 0.3) is 0 Å². The number of hydrogen-bond acceptors (Lipinski definition) is 4. The van der Waals surface area contributed by atoms with E-state index in [9.17, 15) is 0 Å². The monoisotopic (exact) mass is 225 g/mol. The molecule has 0 radical (unpaired) electrons. The van der Waals surface area contributed by atoms with Crippen molar-refractivity contribution in [1.82, 2.24) is 15.5 Å². The summed E-state index contributed by atoms with van der Waals surface area (Å²) in [5, 5.41) is 7.14. The molecule has 0 amide bonds. The Morgan fingerprint density at radius 3 is 2.62 bits per heavy atom. The summed E-state index contributed by atoms with van der Waals surface area (Å²) < 4.78 is 5.22. The van der Waals surface area contributed by atoms with E-state index in [0.717, 1.165) is 31.0 Å². The molecule has 0 spiro atoms. The molecule has 0 aliphatic carbocycles. The smallest absolute Gasteiger partial charge is 0.226 e. The van der Waals surface area contributed by atoms with Gasteiger partial charge in [-0.1, -0.05) is 25.9 Å². The van der Waals surface area contributed by atoms with Crippen molar-refractivity contribution in [1.29, 1.82) is 0 Å². The molecule has 0 bridgehead atoms. The molecule has 0 fully saturated rings. The average molecular weight is 225 g/mol. The highest BCUT2D eigenvalue weighted by Gasteiger charge is 2.14. The van der Waals surface area contributed by atoms with Crippen molar-refractivity contribution in [3.63, 3.8) is 0 Å². The number of rotatable bonds is 5. The predicted molar refractivity (Wildman–Crippen MR) is 64.3 cm³/mol. The molecular weight excluding hydrogens is 202 g/mol. The van der Waals surface area contributed by atoms with Crippen LogP contribution in [-0.4, -0.2) is 23.2 Å². The first-order chi connectivity index (χ1) is 7.40. The van der Waals surface area contributed by atoms with E-state index >= 15 is 0 Å². The van der Waals surface area contributed by atoms with Gasteiger partial charge < -0.3 is 9.84 Å². The van der Waals surface area contributed by atoms with E-state index in [2.05, 4.69) is 43.2 Å². The summed E-state index contributed by atoms with van der Waals surface area (Å²) in [6.07, 6.45) is 2.75. The van der Waals surface area contributed by atoms with Crippen LogP contribution in [0, 0.1) is 5.41 Å². The van der Waals surface area contributed by atoms with Gasteiger partial charge in [0.05, 0.1) is 0 Å². The van der Waals surface area contributed by atoms with Gasteiger partial charge in [0.25, 0.3) is 0 Å². The van der Waals surface area contributed by atoms with Crippen LogP contribution >= 0.6 is 0 Å². The summed E-state index contributed by atoms with van der Waals surface area (Å²) in [4.78, 5) is 4.38. The van der Waals surface area contributed by atoms with Gasteiger partial charge in [0, 0.05) is 18.9 Å². The first-order valence-corrected chi connectivity index (χ1v) is 5.89. The number of nitrogens with zero attached hydrogens (tertiary/aromatic N) is 2. The van der Waals surface area contributed by atoms with Crippen LogP contribution in [0.2, 0.25) is 0 Å². The molecule has 1 aromatic rings. The lowest BCUT2D eigenvalue weighted by Crippen LogP contribution is -2.24. The van der Waals surface area contributed by atoms with Crippen LogP contribution in [-0.2, 0) is 12.8 Å². The molecule has 0 aliphatic rings. The summed E-state index contributed by atoms with van der Waals surface area (Å²) in [5.41, 5.74) is 0.312. The van der Waals surface area contributed by atoms with Crippen molar-refractivity contribution in [3.8, 4) is 0 Å². The SMILES string of the molecule is CNC(C)Cc1noc(CCC(C)(C)C)n1. The van der Waals surface area contributed by atoms with Crippen LogP contribution in [0.5, 0.6) is 0 Å². The molecule has 4 nitrogen and oxygen atoms in total. The van der Waals surface area contributed by atoms with Gasteiger partial charge in [0.2, 0.25) is 5.89 Å². The van der Waals surface area contributed by atoms with Crippen LogP contribution in [0.4, 0.5) is 0 Å². The molecule has 1 heterocycles. The van der Waals surface area contributed by atoms with E-state index in [1.54, 1.807) is 0 Å². The van der Waals surface area contributed by atoms with E-state index in [-0.39, 0.29) is 0 Å². The average Bonchev–Trinajstić information content (AvgIpc) is 2.61.